The molecule has 122 valence electrons. The van der Waals surface area contributed by atoms with Crippen molar-refractivity contribution in [3.63, 3.8) is 0 Å². The second kappa shape index (κ2) is 7.32. The van der Waals surface area contributed by atoms with E-state index < -0.39 is 0 Å². The Labute approximate surface area is 152 Å². The zero-order chi connectivity index (χ0) is 17.1. The molecule has 0 saturated carbocycles. The average molecular weight is 354 g/mol. The highest BCUT2D eigenvalue weighted by molar-refractivity contribution is 8.26. The van der Waals surface area contributed by atoms with E-state index in [1.807, 2.05) is 55.5 Å². The third-order valence-electron chi connectivity index (χ3n) is 4.18. The van der Waals surface area contributed by atoms with E-state index in [0.29, 0.717) is 9.23 Å². The molecule has 4 heteroatoms. The van der Waals surface area contributed by atoms with Crippen LogP contribution in [0.25, 0.3) is 6.08 Å². The van der Waals surface area contributed by atoms with Gasteiger partial charge < -0.3 is 0 Å². The van der Waals surface area contributed by atoms with E-state index in [1.165, 1.54) is 17.3 Å². The normalized spacial score (nSPS) is 17.6. The number of carbonyl (C=O) groups is 1. The summed E-state index contributed by atoms with van der Waals surface area (Å²) in [5, 5.41) is 0. The fourth-order valence-electron chi connectivity index (χ4n) is 2.70. The Kier molecular flexibility index (Phi) is 5.17. The Hall–Kier alpha value is -1.91. The van der Waals surface area contributed by atoms with E-state index in [2.05, 4.69) is 19.1 Å². The van der Waals surface area contributed by atoms with Gasteiger partial charge in [0, 0.05) is 0 Å². The molecule has 2 aromatic rings. The van der Waals surface area contributed by atoms with Gasteiger partial charge in [-0.2, -0.15) is 0 Å². The van der Waals surface area contributed by atoms with Crippen LogP contribution in [0.2, 0.25) is 0 Å². The molecule has 0 N–H and O–H groups in total. The molecule has 1 saturated heterocycles. The molecule has 3 rings (SSSR count). The Morgan fingerprint density at radius 2 is 1.79 bits per heavy atom. The van der Waals surface area contributed by atoms with Crippen LogP contribution in [-0.4, -0.2) is 15.1 Å². The lowest BCUT2D eigenvalue weighted by Gasteiger charge is -2.23. The van der Waals surface area contributed by atoms with Gasteiger partial charge in [-0.25, -0.2) is 0 Å². The molecule has 2 aromatic carbocycles. The van der Waals surface area contributed by atoms with Gasteiger partial charge in [0.15, 0.2) is 0 Å². The van der Waals surface area contributed by atoms with E-state index in [-0.39, 0.29) is 11.9 Å². The molecule has 1 atom stereocenters. The van der Waals surface area contributed by atoms with Crippen molar-refractivity contribution >= 4 is 40.3 Å². The fourth-order valence-corrected chi connectivity index (χ4v) is 4.11. The molecular weight excluding hydrogens is 334 g/mol. The number of aryl methyl sites for hydroxylation is 1. The van der Waals surface area contributed by atoms with Crippen LogP contribution in [0.1, 0.15) is 36.6 Å². The third kappa shape index (κ3) is 3.45. The molecule has 0 bridgehead atoms. The zero-order valence-electron chi connectivity index (χ0n) is 13.7. The van der Waals surface area contributed by atoms with Crippen molar-refractivity contribution < 1.29 is 4.79 Å². The quantitative estimate of drug-likeness (QED) is 0.556. The Bertz CT molecular complexity index is 781. The van der Waals surface area contributed by atoms with Crippen LogP contribution in [-0.2, 0) is 11.2 Å². The van der Waals surface area contributed by atoms with Gasteiger partial charge in [-0.1, -0.05) is 85.5 Å². The monoisotopic (exact) mass is 353 g/mol. The summed E-state index contributed by atoms with van der Waals surface area (Å²) >= 11 is 6.83. The van der Waals surface area contributed by atoms with Crippen LogP contribution in [0, 0.1) is 0 Å². The van der Waals surface area contributed by atoms with Gasteiger partial charge in [-0.3, -0.25) is 9.69 Å². The van der Waals surface area contributed by atoms with Crippen molar-refractivity contribution in [1.82, 2.24) is 4.90 Å². The van der Waals surface area contributed by atoms with Gasteiger partial charge >= 0.3 is 0 Å². The lowest BCUT2D eigenvalue weighted by Crippen LogP contribution is -2.30. The standard InChI is InChI=1S/C20H19NOS2/c1-3-15-9-11-16(12-10-15)13-18-19(22)21(20(23)24-18)14(2)17-7-5-4-6-8-17/h4-14H,3H2,1-2H3/b18-13+/t14-/m1/s1. The molecule has 0 aliphatic carbocycles. The second-order valence-corrected chi connectivity index (χ2v) is 7.41. The Morgan fingerprint density at radius 3 is 2.42 bits per heavy atom. The Morgan fingerprint density at radius 1 is 1.12 bits per heavy atom. The van der Waals surface area contributed by atoms with E-state index in [9.17, 15) is 4.79 Å². The van der Waals surface area contributed by atoms with Crippen LogP contribution < -0.4 is 0 Å². The van der Waals surface area contributed by atoms with Crippen molar-refractivity contribution in [2.75, 3.05) is 0 Å². The summed E-state index contributed by atoms with van der Waals surface area (Å²) in [6, 6.07) is 18.2. The van der Waals surface area contributed by atoms with Crippen molar-refractivity contribution in [3.8, 4) is 0 Å². The molecule has 1 aliphatic rings. The highest BCUT2D eigenvalue weighted by Crippen LogP contribution is 2.37. The van der Waals surface area contributed by atoms with Crippen molar-refractivity contribution in [2.45, 2.75) is 26.3 Å². The van der Waals surface area contributed by atoms with E-state index in [4.69, 9.17) is 12.2 Å². The first-order valence-corrected chi connectivity index (χ1v) is 9.23. The van der Waals surface area contributed by atoms with Gasteiger partial charge in [-0.15, -0.1) is 0 Å². The first-order valence-electron chi connectivity index (χ1n) is 8.01. The van der Waals surface area contributed by atoms with Gasteiger partial charge in [0.05, 0.1) is 10.9 Å². The van der Waals surface area contributed by atoms with Crippen LogP contribution >= 0.6 is 24.0 Å². The minimum Gasteiger partial charge on any atom is -0.286 e. The summed E-state index contributed by atoms with van der Waals surface area (Å²) in [4.78, 5) is 15.2. The van der Waals surface area contributed by atoms with Crippen LogP contribution in [0.5, 0.6) is 0 Å². The molecule has 1 amide bonds. The zero-order valence-corrected chi connectivity index (χ0v) is 15.4. The van der Waals surface area contributed by atoms with Crippen LogP contribution in [0.3, 0.4) is 0 Å². The minimum atomic E-state index is -0.0629. The third-order valence-corrected chi connectivity index (χ3v) is 5.51. The molecule has 2 nitrogen and oxygen atoms in total. The molecule has 1 heterocycles. The van der Waals surface area contributed by atoms with E-state index in [1.54, 1.807) is 4.90 Å². The van der Waals surface area contributed by atoms with Gasteiger partial charge in [0.2, 0.25) is 0 Å². The number of amides is 1. The molecule has 1 aliphatic heterocycles. The van der Waals surface area contributed by atoms with E-state index >= 15 is 0 Å². The molecule has 1 fully saturated rings. The summed E-state index contributed by atoms with van der Waals surface area (Å²) in [7, 11) is 0. The fraction of sp³-hybridized carbons (Fsp3) is 0.200. The largest absolute Gasteiger partial charge is 0.286 e. The number of rotatable bonds is 4. The highest BCUT2D eigenvalue weighted by atomic mass is 32.2. The average Bonchev–Trinajstić information content (AvgIpc) is 2.89. The first-order chi connectivity index (χ1) is 11.6. The molecule has 24 heavy (non-hydrogen) atoms. The SMILES string of the molecule is CCc1ccc(/C=C2/SC(=S)N([C@H](C)c3ccccc3)C2=O)cc1. The maximum atomic E-state index is 12.8. The number of thioether (sulfide) groups is 1. The maximum Gasteiger partial charge on any atom is 0.266 e. The summed E-state index contributed by atoms with van der Waals surface area (Å²) in [5.74, 6) is -0.0130. The predicted molar refractivity (Wildman–Crippen MR) is 106 cm³/mol. The number of benzene rings is 2. The van der Waals surface area contributed by atoms with Gasteiger partial charge in [-0.05, 0) is 36.1 Å². The number of hydrogen-bond acceptors (Lipinski definition) is 3. The van der Waals surface area contributed by atoms with Crippen LogP contribution in [0.15, 0.2) is 59.5 Å². The second-order valence-electron chi connectivity index (χ2n) is 5.73. The van der Waals surface area contributed by atoms with Crippen molar-refractivity contribution in [1.29, 1.82) is 0 Å². The van der Waals surface area contributed by atoms with E-state index in [0.717, 1.165) is 17.5 Å². The number of nitrogens with zero attached hydrogens (tertiary/aromatic N) is 1. The lowest BCUT2D eigenvalue weighted by atomic mass is 10.1. The number of thiocarbonyl (C=S) groups is 1. The van der Waals surface area contributed by atoms with Gasteiger partial charge in [0.1, 0.15) is 4.32 Å². The first kappa shape index (κ1) is 16.9. The minimum absolute atomic E-state index is 0.0130. The summed E-state index contributed by atoms with van der Waals surface area (Å²) < 4.78 is 0.618. The molecule has 0 spiro atoms. The van der Waals surface area contributed by atoms with Crippen LogP contribution in [0.4, 0.5) is 0 Å². The summed E-state index contributed by atoms with van der Waals surface area (Å²) in [6.45, 7) is 4.14. The summed E-state index contributed by atoms with van der Waals surface area (Å²) in [6.07, 6.45) is 2.94. The highest BCUT2D eigenvalue weighted by Gasteiger charge is 2.35. The number of hydrogen-bond donors (Lipinski definition) is 0. The lowest BCUT2D eigenvalue weighted by molar-refractivity contribution is -0.123. The van der Waals surface area contributed by atoms with Crippen molar-refractivity contribution in [3.05, 3.63) is 76.2 Å². The van der Waals surface area contributed by atoms with Gasteiger partial charge in [0.25, 0.3) is 5.91 Å². The number of carbonyl (C=O) groups excluding carboxylic acids is 1. The molecule has 0 aromatic heterocycles. The topological polar surface area (TPSA) is 20.3 Å². The Balaban J connectivity index is 1.84. The maximum absolute atomic E-state index is 12.8. The predicted octanol–water partition coefficient (Wildman–Crippen LogP) is 5.21. The molecule has 0 unspecified atom stereocenters. The van der Waals surface area contributed by atoms with Crippen molar-refractivity contribution in [2.24, 2.45) is 0 Å². The summed E-state index contributed by atoms with van der Waals surface area (Å²) in [5.41, 5.74) is 3.40. The molecule has 0 radical (unpaired) electrons. The molecular formula is C20H19NOS2. The smallest absolute Gasteiger partial charge is 0.266 e.